The molecule has 2 bridgehead atoms. The van der Waals surface area contributed by atoms with E-state index in [0.717, 1.165) is 62.0 Å². The van der Waals surface area contributed by atoms with Gasteiger partial charge in [-0.1, -0.05) is 54.6 Å². The normalized spacial score (nSPS) is 28.2. The second-order valence-electron chi connectivity index (χ2n) is 12.2. The van der Waals surface area contributed by atoms with E-state index in [1.54, 1.807) is 0 Å². The molecule has 7 heteroatoms. The van der Waals surface area contributed by atoms with Gasteiger partial charge in [0.1, 0.15) is 6.10 Å². The third-order valence-electron chi connectivity index (χ3n) is 9.72. The molecular formula is C34H39N4O3+. The van der Waals surface area contributed by atoms with Gasteiger partial charge >= 0.3 is 0 Å². The van der Waals surface area contributed by atoms with Gasteiger partial charge in [0.05, 0.1) is 11.1 Å². The van der Waals surface area contributed by atoms with Crippen molar-refractivity contribution in [1.82, 2.24) is 15.1 Å². The first-order valence-corrected chi connectivity index (χ1v) is 15.1. The number of piperidine rings is 2. The number of rotatable bonds is 6. The highest BCUT2D eigenvalue weighted by Gasteiger charge is 2.63. The van der Waals surface area contributed by atoms with Crippen molar-refractivity contribution >= 4 is 23.7 Å². The first kappa shape index (κ1) is 26.4. The van der Waals surface area contributed by atoms with E-state index < -0.39 is 5.60 Å². The third-order valence-corrected chi connectivity index (χ3v) is 9.72. The summed E-state index contributed by atoms with van der Waals surface area (Å²) in [5.74, 6) is 0.404. The fraction of sp³-hybridized carbons (Fsp3) is 0.441. The Labute approximate surface area is 242 Å². The van der Waals surface area contributed by atoms with Gasteiger partial charge in [0.15, 0.2) is 17.9 Å². The van der Waals surface area contributed by atoms with Crippen molar-refractivity contribution in [3.8, 4) is 0 Å². The zero-order chi connectivity index (χ0) is 28.0. The van der Waals surface area contributed by atoms with Crippen LogP contribution >= 0.6 is 0 Å². The van der Waals surface area contributed by atoms with Crippen LogP contribution in [0.25, 0.3) is 0 Å². The van der Waals surface area contributed by atoms with Gasteiger partial charge in [-0.2, -0.15) is 4.58 Å². The zero-order valence-electron chi connectivity index (χ0n) is 23.7. The lowest BCUT2D eigenvalue weighted by atomic mass is 9.82. The predicted octanol–water partition coefficient (Wildman–Crippen LogP) is 3.48. The van der Waals surface area contributed by atoms with Crippen molar-refractivity contribution in [3.05, 3.63) is 89.5 Å². The average Bonchev–Trinajstić information content (AvgIpc) is 3.67. The summed E-state index contributed by atoms with van der Waals surface area (Å²) in [5, 5.41) is 3.33. The van der Waals surface area contributed by atoms with Crippen LogP contribution in [0, 0.1) is 5.92 Å². The van der Waals surface area contributed by atoms with Crippen LogP contribution in [0.2, 0.25) is 0 Å². The zero-order valence-corrected chi connectivity index (χ0v) is 23.7. The Morgan fingerprint density at radius 3 is 2.34 bits per heavy atom. The van der Waals surface area contributed by atoms with Crippen LogP contribution in [0.5, 0.6) is 0 Å². The molecule has 7 nitrogen and oxygen atoms in total. The molecule has 3 atom stereocenters. The van der Waals surface area contributed by atoms with Crippen LogP contribution in [-0.2, 0) is 20.7 Å². The first-order chi connectivity index (χ1) is 20.0. The molecule has 5 aliphatic rings. The molecule has 0 aromatic heterocycles. The molecule has 5 aliphatic heterocycles. The van der Waals surface area contributed by atoms with Gasteiger partial charge in [0.2, 0.25) is 11.6 Å². The van der Waals surface area contributed by atoms with Gasteiger partial charge in [-0.3, -0.25) is 9.59 Å². The van der Waals surface area contributed by atoms with Gasteiger partial charge in [-0.25, -0.2) is 0 Å². The number of nitrogens with zero attached hydrogens (tertiary/aromatic N) is 3. The second-order valence-corrected chi connectivity index (χ2v) is 12.2. The minimum atomic E-state index is -0.646. The average molecular weight is 552 g/mol. The smallest absolute Gasteiger partial charge is 0.251 e. The lowest BCUT2D eigenvalue weighted by Crippen LogP contribution is -2.49. The predicted molar refractivity (Wildman–Crippen MR) is 158 cm³/mol. The molecule has 1 N–H and O–H groups in total. The number of benzene rings is 2. The minimum absolute atomic E-state index is 0.00248. The monoisotopic (exact) mass is 551 g/mol. The van der Waals surface area contributed by atoms with Gasteiger partial charge in [0.25, 0.3) is 5.91 Å². The highest BCUT2D eigenvalue weighted by atomic mass is 16.5. The summed E-state index contributed by atoms with van der Waals surface area (Å²) in [7, 11) is 2.12. The number of hydrogen-bond donors (Lipinski definition) is 1. The van der Waals surface area contributed by atoms with Crippen LogP contribution in [0.4, 0.5) is 5.69 Å². The molecule has 2 aromatic carbocycles. The fourth-order valence-corrected chi connectivity index (χ4v) is 7.38. The molecule has 2 saturated heterocycles. The number of nitrogens with one attached hydrogen (secondary N) is 1. The van der Waals surface area contributed by atoms with Crippen LogP contribution in [-0.4, -0.2) is 89.4 Å². The van der Waals surface area contributed by atoms with Crippen molar-refractivity contribution in [3.63, 3.8) is 0 Å². The molecule has 0 saturated carbocycles. The number of amides is 2. The molecule has 5 heterocycles. The van der Waals surface area contributed by atoms with E-state index in [1.165, 1.54) is 5.56 Å². The molecule has 0 aliphatic carbocycles. The number of fused-ring (bicyclic) bond motifs is 1. The standard InChI is InChI=1S/C34H38N4O3/c1-36-18-13-25(14-19-36)33(40)37-20-15-26(16-21-37)35-32(39)31-28-23-38(27-10-6-3-7-11-27)30(22-24-8-4-2-5-9-24)34(28)17-12-29(31)41-34/h2-12,17,23,25-26,29-30H,13-16,18-22H2,1H3/p+1. The van der Waals surface area contributed by atoms with Crippen molar-refractivity contribution in [2.75, 3.05) is 33.2 Å². The highest BCUT2D eigenvalue weighted by molar-refractivity contribution is 6.04. The number of para-hydroxylation sites is 1. The Morgan fingerprint density at radius 1 is 0.951 bits per heavy atom. The van der Waals surface area contributed by atoms with Crippen LogP contribution in [0.3, 0.4) is 0 Å². The lowest BCUT2D eigenvalue weighted by molar-refractivity contribution is -0.488. The Kier molecular flexibility index (Phi) is 6.87. The molecule has 0 radical (unpaired) electrons. The Balaban J connectivity index is 1.09. The SMILES string of the molecule is CN1CCC(C(=O)N2CCC(NC(=O)C3=C4C=[N+](c5ccccc5)C(Cc5ccccc5)C45C=CC3O5)CC2)CC1. The van der Waals surface area contributed by atoms with Gasteiger partial charge < -0.3 is 19.9 Å². The molecule has 2 amide bonds. The number of hydrogen-bond acceptors (Lipinski definition) is 4. The molecule has 212 valence electrons. The Bertz CT molecular complexity index is 1400. The highest BCUT2D eigenvalue weighted by Crippen LogP contribution is 2.50. The maximum atomic E-state index is 13.8. The van der Waals surface area contributed by atoms with Gasteiger partial charge in [0, 0.05) is 43.6 Å². The summed E-state index contributed by atoms with van der Waals surface area (Å²) in [6.07, 6.45) is 10.3. The third kappa shape index (κ3) is 4.75. The maximum absolute atomic E-state index is 13.8. The molecule has 41 heavy (non-hydrogen) atoms. The number of likely N-dealkylation sites (tertiary alicyclic amines) is 2. The van der Waals surface area contributed by atoms with E-state index in [4.69, 9.17) is 4.74 Å². The molecule has 3 unspecified atom stereocenters. The molecule has 2 aromatic rings. The number of carbonyl (C=O) groups is 2. The van der Waals surface area contributed by atoms with E-state index in [2.05, 4.69) is 88.7 Å². The van der Waals surface area contributed by atoms with E-state index in [-0.39, 0.29) is 30.0 Å². The van der Waals surface area contributed by atoms with Gasteiger partial charge in [-0.15, -0.1) is 0 Å². The molecule has 1 spiro atoms. The molecule has 2 fully saturated rings. The van der Waals surface area contributed by atoms with Gasteiger partial charge in [-0.05, 0) is 57.5 Å². The van der Waals surface area contributed by atoms with Crippen LogP contribution in [0.15, 0.2) is 84.0 Å². The molecular weight excluding hydrogens is 512 g/mol. The number of carbonyl (C=O) groups excluding carboxylic acids is 2. The summed E-state index contributed by atoms with van der Waals surface area (Å²) < 4.78 is 8.98. The fourth-order valence-electron chi connectivity index (χ4n) is 7.38. The van der Waals surface area contributed by atoms with E-state index in [9.17, 15) is 9.59 Å². The topological polar surface area (TPSA) is 64.9 Å². The van der Waals surface area contributed by atoms with E-state index in [0.29, 0.717) is 19.0 Å². The summed E-state index contributed by atoms with van der Waals surface area (Å²) in [4.78, 5) is 31.3. The molecule has 7 rings (SSSR count). The van der Waals surface area contributed by atoms with Crippen molar-refractivity contribution in [2.24, 2.45) is 5.92 Å². The second kappa shape index (κ2) is 10.7. The van der Waals surface area contributed by atoms with Crippen LogP contribution in [0.1, 0.15) is 31.2 Å². The van der Waals surface area contributed by atoms with Crippen molar-refractivity contribution < 1.29 is 18.9 Å². The number of ether oxygens (including phenoxy) is 1. The first-order valence-electron chi connectivity index (χ1n) is 15.1. The summed E-state index contributed by atoms with van der Waals surface area (Å²) in [5.41, 5.74) is 3.39. The Hall–Kier alpha value is -3.55. The van der Waals surface area contributed by atoms with E-state index in [1.807, 2.05) is 17.0 Å². The summed E-state index contributed by atoms with van der Waals surface area (Å²) in [6.45, 7) is 3.40. The minimum Gasteiger partial charge on any atom is -0.349 e. The lowest BCUT2D eigenvalue weighted by Gasteiger charge is -2.36. The summed E-state index contributed by atoms with van der Waals surface area (Å²) in [6, 6.07) is 20.9. The van der Waals surface area contributed by atoms with Crippen molar-refractivity contribution in [2.45, 2.75) is 55.9 Å². The van der Waals surface area contributed by atoms with E-state index >= 15 is 0 Å². The van der Waals surface area contributed by atoms with Crippen LogP contribution < -0.4 is 5.32 Å². The Morgan fingerprint density at radius 2 is 1.63 bits per heavy atom. The quantitative estimate of drug-likeness (QED) is 0.441. The maximum Gasteiger partial charge on any atom is 0.251 e. The van der Waals surface area contributed by atoms with Crippen molar-refractivity contribution in [1.29, 1.82) is 0 Å². The largest absolute Gasteiger partial charge is 0.349 e. The summed E-state index contributed by atoms with van der Waals surface area (Å²) >= 11 is 0.